The Morgan fingerprint density at radius 2 is 1.95 bits per heavy atom. The molecule has 112 valence electrons. The second kappa shape index (κ2) is 5.89. The van der Waals surface area contributed by atoms with Gasteiger partial charge in [0.05, 0.1) is 24.8 Å². The molecule has 5 nitrogen and oxygen atoms in total. The molecule has 0 unspecified atom stereocenters. The predicted octanol–water partition coefficient (Wildman–Crippen LogP) is 3.21. The van der Waals surface area contributed by atoms with Crippen LogP contribution in [0.5, 0.6) is 5.75 Å². The number of nitrogens with zero attached hydrogens (tertiary/aromatic N) is 2. The standard InChI is InChI=1S/C17H16N2O3/c1-3-22-17(20)14-5-4-6-15-16(14)18-11-19(15)12-7-9-13(21-2)10-8-12/h4-11H,3H2,1-2H3. The highest BCUT2D eigenvalue weighted by Gasteiger charge is 2.15. The first-order valence-corrected chi connectivity index (χ1v) is 7.02. The fraction of sp³-hybridized carbons (Fsp3) is 0.176. The molecule has 0 spiro atoms. The number of methoxy groups -OCH3 is 1. The molecule has 3 aromatic rings. The molecule has 0 aliphatic carbocycles. The Morgan fingerprint density at radius 1 is 1.18 bits per heavy atom. The third kappa shape index (κ3) is 2.41. The summed E-state index contributed by atoms with van der Waals surface area (Å²) in [4.78, 5) is 16.4. The van der Waals surface area contributed by atoms with Gasteiger partial charge < -0.3 is 9.47 Å². The van der Waals surface area contributed by atoms with E-state index in [1.165, 1.54) is 0 Å². The molecule has 0 aliphatic rings. The summed E-state index contributed by atoms with van der Waals surface area (Å²) in [5.41, 5.74) is 2.92. The topological polar surface area (TPSA) is 53.3 Å². The molecule has 0 bridgehead atoms. The van der Waals surface area contributed by atoms with Crippen LogP contribution in [-0.4, -0.2) is 29.2 Å². The number of carbonyl (C=O) groups is 1. The molecule has 0 atom stereocenters. The molecule has 1 heterocycles. The number of ether oxygens (including phenoxy) is 2. The van der Waals surface area contributed by atoms with Gasteiger partial charge in [-0.3, -0.25) is 4.57 Å². The van der Waals surface area contributed by atoms with Gasteiger partial charge in [0.2, 0.25) is 0 Å². The Bertz CT molecular complexity index is 806. The number of rotatable bonds is 4. The molecular formula is C17H16N2O3. The maximum Gasteiger partial charge on any atom is 0.340 e. The van der Waals surface area contributed by atoms with Crippen LogP contribution in [0.15, 0.2) is 48.8 Å². The average Bonchev–Trinajstić information content (AvgIpc) is 2.99. The average molecular weight is 296 g/mol. The van der Waals surface area contributed by atoms with E-state index in [4.69, 9.17) is 9.47 Å². The normalized spacial score (nSPS) is 10.6. The molecule has 0 fully saturated rings. The van der Waals surface area contributed by atoms with Gasteiger partial charge in [-0.25, -0.2) is 9.78 Å². The molecule has 0 saturated heterocycles. The lowest BCUT2D eigenvalue weighted by Gasteiger charge is -2.07. The number of para-hydroxylation sites is 1. The number of benzene rings is 2. The van der Waals surface area contributed by atoms with Crippen molar-refractivity contribution < 1.29 is 14.3 Å². The van der Waals surface area contributed by atoms with Gasteiger partial charge in [-0.2, -0.15) is 0 Å². The molecule has 0 radical (unpaired) electrons. The van der Waals surface area contributed by atoms with Crippen molar-refractivity contribution in [2.45, 2.75) is 6.92 Å². The molecule has 1 aromatic heterocycles. The van der Waals surface area contributed by atoms with Gasteiger partial charge in [-0.15, -0.1) is 0 Å². The van der Waals surface area contributed by atoms with Crippen LogP contribution < -0.4 is 4.74 Å². The highest BCUT2D eigenvalue weighted by molar-refractivity contribution is 6.02. The lowest BCUT2D eigenvalue weighted by Crippen LogP contribution is -2.05. The van der Waals surface area contributed by atoms with E-state index in [1.54, 1.807) is 26.4 Å². The van der Waals surface area contributed by atoms with Crippen LogP contribution in [0.25, 0.3) is 16.7 Å². The third-order valence-corrected chi connectivity index (χ3v) is 3.42. The van der Waals surface area contributed by atoms with Crippen LogP contribution in [0, 0.1) is 0 Å². The molecular weight excluding hydrogens is 280 g/mol. The first-order valence-electron chi connectivity index (χ1n) is 7.02. The maximum atomic E-state index is 12.0. The Balaban J connectivity index is 2.08. The second-order valence-corrected chi connectivity index (χ2v) is 4.71. The summed E-state index contributed by atoms with van der Waals surface area (Å²) in [6.45, 7) is 2.13. The molecule has 0 saturated carbocycles. The SMILES string of the molecule is CCOC(=O)c1cccc2c1ncn2-c1ccc(OC)cc1. The van der Waals surface area contributed by atoms with Crippen LogP contribution in [-0.2, 0) is 4.74 Å². The van der Waals surface area contributed by atoms with E-state index in [0.717, 1.165) is 17.0 Å². The molecule has 0 amide bonds. The van der Waals surface area contributed by atoms with E-state index in [9.17, 15) is 4.79 Å². The van der Waals surface area contributed by atoms with Crippen LogP contribution in [0.2, 0.25) is 0 Å². The van der Waals surface area contributed by atoms with E-state index >= 15 is 0 Å². The van der Waals surface area contributed by atoms with Gasteiger partial charge in [0, 0.05) is 5.69 Å². The Hall–Kier alpha value is -2.82. The van der Waals surface area contributed by atoms with E-state index in [1.807, 2.05) is 41.0 Å². The van der Waals surface area contributed by atoms with Gasteiger partial charge in [0.15, 0.2) is 0 Å². The number of imidazole rings is 1. The zero-order valence-electron chi connectivity index (χ0n) is 12.4. The van der Waals surface area contributed by atoms with Crippen molar-refractivity contribution in [3.63, 3.8) is 0 Å². The van der Waals surface area contributed by atoms with E-state index < -0.39 is 0 Å². The van der Waals surface area contributed by atoms with Crippen LogP contribution in [0.4, 0.5) is 0 Å². The highest BCUT2D eigenvalue weighted by Crippen LogP contribution is 2.23. The number of fused-ring (bicyclic) bond motifs is 1. The summed E-state index contributed by atoms with van der Waals surface area (Å²) in [5, 5.41) is 0. The summed E-state index contributed by atoms with van der Waals surface area (Å²) in [6, 6.07) is 13.1. The highest BCUT2D eigenvalue weighted by atomic mass is 16.5. The van der Waals surface area contributed by atoms with Crippen molar-refractivity contribution >= 4 is 17.0 Å². The van der Waals surface area contributed by atoms with Crippen molar-refractivity contribution in [2.75, 3.05) is 13.7 Å². The first-order chi connectivity index (χ1) is 10.7. The summed E-state index contributed by atoms with van der Waals surface area (Å²) in [5.74, 6) is 0.438. The second-order valence-electron chi connectivity index (χ2n) is 4.71. The largest absolute Gasteiger partial charge is 0.497 e. The van der Waals surface area contributed by atoms with Crippen molar-refractivity contribution in [3.8, 4) is 11.4 Å². The fourth-order valence-electron chi connectivity index (χ4n) is 2.36. The van der Waals surface area contributed by atoms with Crippen LogP contribution in [0.1, 0.15) is 17.3 Å². The summed E-state index contributed by atoms with van der Waals surface area (Å²) in [7, 11) is 1.63. The smallest absolute Gasteiger partial charge is 0.340 e. The van der Waals surface area contributed by atoms with Crippen molar-refractivity contribution in [1.82, 2.24) is 9.55 Å². The zero-order chi connectivity index (χ0) is 15.5. The van der Waals surface area contributed by atoms with Gasteiger partial charge in [0.1, 0.15) is 17.6 Å². The van der Waals surface area contributed by atoms with Gasteiger partial charge in [-0.1, -0.05) is 6.07 Å². The lowest BCUT2D eigenvalue weighted by molar-refractivity contribution is 0.0528. The Morgan fingerprint density at radius 3 is 2.64 bits per heavy atom. The number of hydrogen-bond donors (Lipinski definition) is 0. The minimum atomic E-state index is -0.354. The molecule has 2 aromatic carbocycles. The Labute approximate surface area is 128 Å². The third-order valence-electron chi connectivity index (χ3n) is 3.42. The van der Waals surface area contributed by atoms with Crippen LogP contribution >= 0.6 is 0 Å². The molecule has 0 N–H and O–H groups in total. The van der Waals surface area contributed by atoms with Crippen molar-refractivity contribution in [3.05, 3.63) is 54.4 Å². The number of carbonyl (C=O) groups excluding carboxylic acids is 1. The minimum Gasteiger partial charge on any atom is -0.497 e. The summed E-state index contributed by atoms with van der Waals surface area (Å²) in [6.07, 6.45) is 1.70. The molecule has 0 aliphatic heterocycles. The van der Waals surface area contributed by atoms with Gasteiger partial charge >= 0.3 is 5.97 Å². The maximum absolute atomic E-state index is 12.0. The van der Waals surface area contributed by atoms with Gasteiger partial charge in [-0.05, 0) is 43.3 Å². The monoisotopic (exact) mass is 296 g/mol. The summed E-state index contributed by atoms with van der Waals surface area (Å²) >= 11 is 0. The molecule has 3 rings (SSSR count). The van der Waals surface area contributed by atoms with Crippen molar-refractivity contribution in [1.29, 1.82) is 0 Å². The molecule has 22 heavy (non-hydrogen) atoms. The van der Waals surface area contributed by atoms with E-state index in [0.29, 0.717) is 17.7 Å². The lowest BCUT2D eigenvalue weighted by atomic mass is 10.2. The quantitative estimate of drug-likeness (QED) is 0.694. The first kappa shape index (κ1) is 14.1. The van der Waals surface area contributed by atoms with Gasteiger partial charge in [0.25, 0.3) is 0 Å². The summed E-state index contributed by atoms with van der Waals surface area (Å²) < 4.78 is 12.2. The van der Waals surface area contributed by atoms with Crippen molar-refractivity contribution in [2.24, 2.45) is 0 Å². The number of hydrogen-bond acceptors (Lipinski definition) is 4. The molecule has 5 heteroatoms. The fourth-order valence-corrected chi connectivity index (χ4v) is 2.36. The van der Waals surface area contributed by atoms with E-state index in [2.05, 4.69) is 4.98 Å². The Kier molecular flexibility index (Phi) is 3.78. The minimum absolute atomic E-state index is 0.342. The zero-order valence-corrected chi connectivity index (χ0v) is 12.4. The van der Waals surface area contributed by atoms with Crippen LogP contribution in [0.3, 0.4) is 0 Å². The number of aromatic nitrogens is 2. The number of esters is 1. The predicted molar refractivity (Wildman–Crippen MR) is 83.6 cm³/mol. The van der Waals surface area contributed by atoms with E-state index in [-0.39, 0.29) is 5.97 Å².